The van der Waals surface area contributed by atoms with Gasteiger partial charge in [0.15, 0.2) is 0 Å². The van der Waals surface area contributed by atoms with Gasteiger partial charge in [0.05, 0.1) is 0 Å². The number of nitrogens with zero attached hydrogens (tertiary/aromatic N) is 2. The smallest absolute Gasteiger partial charge is 0.160 e. The highest BCUT2D eigenvalue weighted by Gasteiger charge is 2.06. The lowest BCUT2D eigenvalue weighted by atomic mass is 11.0. The van der Waals surface area contributed by atoms with Crippen LogP contribution in [0.15, 0.2) is 5.34 Å². The van der Waals surface area contributed by atoms with Gasteiger partial charge in [-0.25, -0.2) is 0 Å². The third-order valence-electron chi connectivity index (χ3n) is 0.278. The zero-order chi connectivity index (χ0) is 5.91. The fourth-order valence-corrected chi connectivity index (χ4v) is 0.100. The van der Waals surface area contributed by atoms with Gasteiger partial charge in [-0.3, -0.25) is 0 Å². The quantitative estimate of drug-likeness (QED) is 0.288. The second-order valence-electron chi connectivity index (χ2n) is 2.05. The van der Waals surface area contributed by atoms with E-state index in [4.69, 9.17) is 0 Å². The average molecular weight is 105 g/mol. The monoisotopic (exact) mass is 105 g/mol. The minimum Gasteiger partial charge on any atom is -0.160 e. The fraction of sp³-hybridized carbons (Fsp3) is 1.00. The minimum absolute atomic E-state index is 0.115. The SMILES string of the molecule is C[N+](C)(C)ON=O. The zero-order valence-corrected chi connectivity index (χ0v) is 4.71. The lowest BCUT2D eigenvalue weighted by Crippen LogP contribution is -2.31. The second kappa shape index (κ2) is 1.88. The van der Waals surface area contributed by atoms with Crippen molar-refractivity contribution in [2.75, 3.05) is 21.1 Å². The first kappa shape index (κ1) is 6.36. The highest BCUT2D eigenvalue weighted by molar-refractivity contribution is 3.91. The van der Waals surface area contributed by atoms with Gasteiger partial charge in [0.25, 0.3) is 0 Å². The van der Waals surface area contributed by atoms with E-state index in [2.05, 4.69) is 10.3 Å². The van der Waals surface area contributed by atoms with Crippen LogP contribution in [0.2, 0.25) is 0 Å². The Morgan fingerprint density at radius 1 is 1.43 bits per heavy atom. The molecule has 0 rings (SSSR count). The summed E-state index contributed by atoms with van der Waals surface area (Å²) in [5.74, 6) is 0. The first-order valence-corrected chi connectivity index (χ1v) is 1.89. The summed E-state index contributed by atoms with van der Waals surface area (Å²) in [5.41, 5.74) is 0. The molecule has 0 aromatic heterocycles. The molecule has 0 atom stereocenters. The van der Waals surface area contributed by atoms with Crippen molar-refractivity contribution < 1.29 is 9.58 Å². The first-order chi connectivity index (χ1) is 3.06. The molecule has 0 N–H and O–H groups in total. The summed E-state index contributed by atoms with van der Waals surface area (Å²) < 4.78 is 0.115. The van der Waals surface area contributed by atoms with Crippen molar-refractivity contribution in [3.8, 4) is 0 Å². The summed E-state index contributed by atoms with van der Waals surface area (Å²) in [4.78, 5) is 13.6. The molecule has 0 aromatic rings. The van der Waals surface area contributed by atoms with Crippen molar-refractivity contribution in [2.24, 2.45) is 5.34 Å². The topological polar surface area (TPSA) is 38.7 Å². The van der Waals surface area contributed by atoms with Crippen LogP contribution in [-0.2, 0) is 4.94 Å². The molecule has 0 amide bonds. The van der Waals surface area contributed by atoms with Gasteiger partial charge in [0, 0.05) is 0 Å². The predicted molar refractivity (Wildman–Crippen MR) is 24.9 cm³/mol. The molecule has 0 unspecified atom stereocenters. The Bertz CT molecular complexity index is 65.8. The van der Waals surface area contributed by atoms with Crippen LogP contribution < -0.4 is 0 Å². The van der Waals surface area contributed by atoms with Crippen LogP contribution in [0.4, 0.5) is 0 Å². The third-order valence-corrected chi connectivity index (χ3v) is 0.278. The lowest BCUT2D eigenvalue weighted by molar-refractivity contribution is -1.06. The molecule has 42 valence electrons. The summed E-state index contributed by atoms with van der Waals surface area (Å²) in [6.07, 6.45) is 0. The molecule has 4 heteroatoms. The number of quaternary nitrogens is 1. The highest BCUT2D eigenvalue weighted by Crippen LogP contribution is 1.89. The number of hydrogen-bond acceptors (Lipinski definition) is 3. The second-order valence-corrected chi connectivity index (χ2v) is 2.05. The van der Waals surface area contributed by atoms with Crippen molar-refractivity contribution in [3.05, 3.63) is 4.91 Å². The molecule has 4 nitrogen and oxygen atoms in total. The Morgan fingerprint density at radius 3 is 1.86 bits per heavy atom. The maximum atomic E-state index is 9.33. The van der Waals surface area contributed by atoms with Gasteiger partial charge in [-0.15, -0.1) is 9.55 Å². The molecule has 0 aliphatic carbocycles. The molecule has 0 saturated carbocycles. The Morgan fingerprint density at radius 2 is 1.86 bits per heavy atom. The standard InChI is InChI=1S/C3H9N2O2/c1-5(2,3)7-4-6/h1-3H3/q+1. The average Bonchev–Trinajstić information content (AvgIpc) is 1.30. The normalized spacial score (nSPS) is 10.7. The number of hydroxylamine groups is 3. The fourth-order valence-electron chi connectivity index (χ4n) is 0.100. The van der Waals surface area contributed by atoms with Crippen molar-refractivity contribution in [3.63, 3.8) is 0 Å². The molecule has 0 radical (unpaired) electrons. The van der Waals surface area contributed by atoms with E-state index in [-0.39, 0.29) is 4.65 Å². The van der Waals surface area contributed by atoms with Gasteiger partial charge >= 0.3 is 0 Å². The molecular weight excluding hydrogens is 96.0 g/mol. The third kappa shape index (κ3) is 5.36. The van der Waals surface area contributed by atoms with Gasteiger partial charge in [0.1, 0.15) is 21.1 Å². The Balaban J connectivity index is 3.34. The van der Waals surface area contributed by atoms with Crippen LogP contribution in [-0.4, -0.2) is 25.8 Å². The molecular formula is C3H9N2O2+. The summed E-state index contributed by atoms with van der Waals surface area (Å²) in [6.45, 7) is 0. The maximum absolute atomic E-state index is 9.33. The Hall–Kier alpha value is -0.640. The number of hydrogen-bond donors (Lipinski definition) is 0. The van der Waals surface area contributed by atoms with Gasteiger partial charge in [-0.05, 0) is 0 Å². The number of rotatable bonds is 2. The maximum Gasteiger partial charge on any atom is 0.213 e. The molecule has 0 bridgehead atoms. The van der Waals surface area contributed by atoms with Crippen molar-refractivity contribution in [2.45, 2.75) is 0 Å². The zero-order valence-electron chi connectivity index (χ0n) is 4.71. The molecule has 0 fully saturated rings. The molecule has 0 aliphatic rings. The van der Waals surface area contributed by atoms with E-state index in [1.54, 1.807) is 21.1 Å². The molecule has 0 spiro atoms. The first-order valence-electron chi connectivity index (χ1n) is 1.89. The van der Waals surface area contributed by atoms with Gasteiger partial charge in [-0.2, -0.15) is 4.94 Å². The van der Waals surface area contributed by atoms with E-state index in [1.807, 2.05) is 0 Å². The van der Waals surface area contributed by atoms with E-state index in [0.29, 0.717) is 0 Å². The molecule has 0 saturated heterocycles. The summed E-state index contributed by atoms with van der Waals surface area (Å²) >= 11 is 0. The van der Waals surface area contributed by atoms with Crippen molar-refractivity contribution in [1.29, 1.82) is 0 Å². The van der Waals surface area contributed by atoms with Crippen LogP contribution >= 0.6 is 0 Å². The summed E-state index contributed by atoms with van der Waals surface area (Å²) in [5, 5.41) is 2.23. The van der Waals surface area contributed by atoms with Gasteiger partial charge < -0.3 is 0 Å². The van der Waals surface area contributed by atoms with E-state index in [1.165, 1.54) is 0 Å². The van der Waals surface area contributed by atoms with Gasteiger partial charge in [0.2, 0.25) is 5.34 Å². The van der Waals surface area contributed by atoms with E-state index in [9.17, 15) is 4.91 Å². The van der Waals surface area contributed by atoms with E-state index >= 15 is 0 Å². The molecule has 0 aromatic carbocycles. The summed E-state index contributed by atoms with van der Waals surface area (Å²) in [7, 11) is 5.09. The van der Waals surface area contributed by atoms with E-state index < -0.39 is 0 Å². The van der Waals surface area contributed by atoms with Crippen LogP contribution in [0.5, 0.6) is 0 Å². The highest BCUT2D eigenvalue weighted by atomic mass is 16.9. The minimum atomic E-state index is 0.115. The van der Waals surface area contributed by atoms with Crippen LogP contribution in [0.25, 0.3) is 0 Å². The summed E-state index contributed by atoms with van der Waals surface area (Å²) in [6, 6.07) is 0. The van der Waals surface area contributed by atoms with Gasteiger partial charge in [-0.1, -0.05) is 0 Å². The lowest BCUT2D eigenvalue weighted by Gasteiger charge is -2.13. The van der Waals surface area contributed by atoms with Crippen LogP contribution in [0, 0.1) is 4.91 Å². The largest absolute Gasteiger partial charge is 0.213 e. The van der Waals surface area contributed by atoms with Crippen molar-refractivity contribution in [1.82, 2.24) is 0 Å². The molecule has 7 heavy (non-hydrogen) atoms. The van der Waals surface area contributed by atoms with Crippen LogP contribution in [0.3, 0.4) is 0 Å². The Labute approximate surface area is 42.2 Å². The molecule has 0 heterocycles. The predicted octanol–water partition coefficient (Wildman–Crippen LogP) is 0.306. The van der Waals surface area contributed by atoms with E-state index in [0.717, 1.165) is 0 Å². The van der Waals surface area contributed by atoms with Crippen molar-refractivity contribution >= 4 is 0 Å². The van der Waals surface area contributed by atoms with Crippen LogP contribution in [0.1, 0.15) is 0 Å². The Kier molecular flexibility index (Phi) is 1.71. The molecule has 0 aliphatic heterocycles.